The van der Waals surface area contributed by atoms with E-state index in [4.69, 9.17) is 16.0 Å². The number of amides is 1. The maximum atomic E-state index is 12.4. The molecule has 5 heteroatoms. The molecule has 0 saturated heterocycles. The van der Waals surface area contributed by atoms with E-state index in [1.807, 2.05) is 31.2 Å². The van der Waals surface area contributed by atoms with Gasteiger partial charge in [-0.25, -0.2) is 4.98 Å². The van der Waals surface area contributed by atoms with Crippen LogP contribution in [-0.2, 0) is 11.2 Å². The number of aromatic nitrogens is 1. The summed E-state index contributed by atoms with van der Waals surface area (Å²) in [5.74, 6) is 1.18. The predicted molar refractivity (Wildman–Crippen MR) is 116 cm³/mol. The number of aryl methyl sites for hydroxylation is 1. The lowest BCUT2D eigenvalue weighted by Gasteiger charge is -2.15. The van der Waals surface area contributed by atoms with E-state index < -0.39 is 0 Å². The number of nitrogens with one attached hydrogen (secondary N) is 1. The Labute approximate surface area is 174 Å². The summed E-state index contributed by atoms with van der Waals surface area (Å²) < 4.78 is 5.76. The summed E-state index contributed by atoms with van der Waals surface area (Å²) in [7, 11) is 0. The Morgan fingerprint density at radius 1 is 1.07 bits per heavy atom. The van der Waals surface area contributed by atoms with Crippen LogP contribution in [0.15, 0.2) is 77.3 Å². The summed E-state index contributed by atoms with van der Waals surface area (Å²) in [5.41, 5.74) is 1.99. The van der Waals surface area contributed by atoms with Crippen LogP contribution in [0.25, 0.3) is 22.1 Å². The van der Waals surface area contributed by atoms with Gasteiger partial charge in [-0.1, -0.05) is 48.0 Å². The summed E-state index contributed by atoms with van der Waals surface area (Å²) in [4.78, 5) is 16.7. The summed E-state index contributed by atoms with van der Waals surface area (Å²) in [6, 6.07) is 21.8. The van der Waals surface area contributed by atoms with E-state index in [-0.39, 0.29) is 11.9 Å². The molecule has 0 spiro atoms. The van der Waals surface area contributed by atoms with Gasteiger partial charge in [-0.3, -0.25) is 4.79 Å². The highest BCUT2D eigenvalue weighted by atomic mass is 35.5. The van der Waals surface area contributed by atoms with Gasteiger partial charge in [0.25, 0.3) is 0 Å². The molecule has 4 aromatic rings. The van der Waals surface area contributed by atoms with Crippen molar-refractivity contribution in [2.75, 3.05) is 0 Å². The minimum atomic E-state index is -0.0682. The first-order valence-corrected chi connectivity index (χ1v) is 9.95. The molecule has 1 heterocycles. The highest BCUT2D eigenvalue weighted by Gasteiger charge is 2.12. The fraction of sp³-hybridized carbons (Fsp3) is 0.167. The van der Waals surface area contributed by atoms with Gasteiger partial charge in [-0.15, -0.1) is 0 Å². The van der Waals surface area contributed by atoms with Gasteiger partial charge in [0.15, 0.2) is 11.7 Å². The average molecular weight is 405 g/mol. The molecular formula is C24H21ClN2O2. The van der Waals surface area contributed by atoms with Crippen molar-refractivity contribution in [3.63, 3.8) is 0 Å². The van der Waals surface area contributed by atoms with Crippen molar-refractivity contribution >= 4 is 28.3 Å². The molecule has 1 N–H and O–H groups in total. The molecule has 0 aliphatic rings. The lowest BCUT2D eigenvalue weighted by molar-refractivity contribution is -0.121. The first-order chi connectivity index (χ1) is 14.1. The molecule has 0 saturated carbocycles. The third-order valence-corrected chi connectivity index (χ3v) is 5.15. The molecule has 29 heavy (non-hydrogen) atoms. The molecule has 146 valence electrons. The Hall–Kier alpha value is -3.11. The first-order valence-electron chi connectivity index (χ1n) is 9.57. The SMILES string of the molecule is CC(NC(=O)CCc1ncc(-c2ccc(Cl)cc2)o1)c1ccc2ccccc2c1. The smallest absolute Gasteiger partial charge is 0.220 e. The van der Waals surface area contributed by atoms with E-state index >= 15 is 0 Å². The van der Waals surface area contributed by atoms with Gasteiger partial charge in [-0.2, -0.15) is 0 Å². The largest absolute Gasteiger partial charge is 0.441 e. The number of oxazole rings is 1. The van der Waals surface area contributed by atoms with Gasteiger partial charge in [0.05, 0.1) is 12.2 Å². The second-order valence-corrected chi connectivity index (χ2v) is 7.46. The Kier molecular flexibility index (Phi) is 5.63. The van der Waals surface area contributed by atoms with Crippen molar-refractivity contribution in [2.45, 2.75) is 25.8 Å². The molecular weight excluding hydrogens is 384 g/mol. The van der Waals surface area contributed by atoms with E-state index in [1.54, 1.807) is 18.3 Å². The molecule has 0 fully saturated rings. The molecule has 0 radical (unpaired) electrons. The van der Waals surface area contributed by atoms with Crippen LogP contribution in [0.5, 0.6) is 0 Å². The third-order valence-electron chi connectivity index (χ3n) is 4.90. The summed E-state index contributed by atoms with van der Waals surface area (Å²) in [6.07, 6.45) is 2.44. The maximum absolute atomic E-state index is 12.4. The highest BCUT2D eigenvalue weighted by molar-refractivity contribution is 6.30. The molecule has 4 nitrogen and oxygen atoms in total. The molecule has 3 aromatic carbocycles. The van der Waals surface area contributed by atoms with Crippen LogP contribution < -0.4 is 5.32 Å². The Balaban J connectivity index is 1.34. The van der Waals surface area contributed by atoms with Gasteiger partial charge in [0.1, 0.15) is 0 Å². The molecule has 1 aromatic heterocycles. The fourth-order valence-electron chi connectivity index (χ4n) is 3.27. The molecule has 1 amide bonds. The lowest BCUT2D eigenvalue weighted by atomic mass is 10.0. The zero-order chi connectivity index (χ0) is 20.2. The Bertz CT molecular complexity index is 1140. The first kappa shape index (κ1) is 19.2. The van der Waals surface area contributed by atoms with E-state index in [2.05, 4.69) is 40.6 Å². The van der Waals surface area contributed by atoms with Crippen LogP contribution in [0, 0.1) is 0 Å². The van der Waals surface area contributed by atoms with Gasteiger partial charge >= 0.3 is 0 Å². The second kappa shape index (κ2) is 8.50. The summed E-state index contributed by atoms with van der Waals surface area (Å²) >= 11 is 5.91. The van der Waals surface area contributed by atoms with Gasteiger partial charge in [0, 0.05) is 23.4 Å². The predicted octanol–water partition coefficient (Wildman–Crippen LogP) is 5.96. The van der Waals surface area contributed by atoms with Crippen molar-refractivity contribution in [2.24, 2.45) is 0 Å². The third kappa shape index (κ3) is 4.66. The number of carbonyl (C=O) groups is 1. The standard InChI is InChI=1S/C24H21ClN2O2/c1-16(19-7-6-17-4-2-3-5-20(17)14-19)27-23(28)12-13-24-26-15-22(29-24)18-8-10-21(25)11-9-18/h2-11,14-16H,12-13H2,1H3,(H,27,28). The molecule has 0 aliphatic carbocycles. The number of carbonyl (C=O) groups excluding carboxylic acids is 1. The monoisotopic (exact) mass is 404 g/mol. The number of hydrogen-bond donors (Lipinski definition) is 1. The number of fused-ring (bicyclic) bond motifs is 1. The van der Waals surface area contributed by atoms with Crippen LogP contribution in [0.3, 0.4) is 0 Å². The van der Waals surface area contributed by atoms with Crippen molar-refractivity contribution in [3.05, 3.63) is 89.4 Å². The van der Waals surface area contributed by atoms with Gasteiger partial charge < -0.3 is 9.73 Å². The highest BCUT2D eigenvalue weighted by Crippen LogP contribution is 2.23. The van der Waals surface area contributed by atoms with Crippen LogP contribution in [0.4, 0.5) is 0 Å². The molecule has 0 aliphatic heterocycles. The Morgan fingerprint density at radius 3 is 2.62 bits per heavy atom. The van der Waals surface area contributed by atoms with Gasteiger partial charge in [-0.05, 0) is 53.6 Å². The van der Waals surface area contributed by atoms with Gasteiger partial charge in [0.2, 0.25) is 5.91 Å². The number of halogens is 1. The van der Waals surface area contributed by atoms with Crippen LogP contribution in [0.2, 0.25) is 5.02 Å². The molecule has 1 unspecified atom stereocenters. The number of benzene rings is 3. The van der Waals surface area contributed by atoms with Crippen molar-refractivity contribution in [3.8, 4) is 11.3 Å². The van der Waals surface area contributed by atoms with Crippen molar-refractivity contribution in [1.29, 1.82) is 0 Å². The van der Waals surface area contributed by atoms with Crippen molar-refractivity contribution in [1.82, 2.24) is 10.3 Å². The average Bonchev–Trinajstić information content (AvgIpc) is 3.21. The fourth-order valence-corrected chi connectivity index (χ4v) is 3.39. The van der Waals surface area contributed by atoms with E-state index in [0.29, 0.717) is 29.5 Å². The van der Waals surface area contributed by atoms with E-state index in [0.717, 1.165) is 11.1 Å². The number of rotatable bonds is 6. The summed E-state index contributed by atoms with van der Waals surface area (Å²) in [5, 5.41) is 6.08. The molecule has 0 bridgehead atoms. The van der Waals surface area contributed by atoms with Crippen LogP contribution in [0.1, 0.15) is 30.8 Å². The van der Waals surface area contributed by atoms with Crippen LogP contribution in [-0.4, -0.2) is 10.9 Å². The normalized spacial score (nSPS) is 12.1. The summed E-state index contributed by atoms with van der Waals surface area (Å²) in [6.45, 7) is 1.99. The zero-order valence-electron chi connectivity index (χ0n) is 16.1. The second-order valence-electron chi connectivity index (χ2n) is 7.02. The number of nitrogens with zero attached hydrogens (tertiary/aromatic N) is 1. The topological polar surface area (TPSA) is 55.1 Å². The minimum absolute atomic E-state index is 0.0306. The lowest BCUT2D eigenvalue weighted by Crippen LogP contribution is -2.26. The van der Waals surface area contributed by atoms with Crippen LogP contribution >= 0.6 is 11.6 Å². The molecule has 1 atom stereocenters. The Morgan fingerprint density at radius 2 is 1.83 bits per heavy atom. The van der Waals surface area contributed by atoms with Crippen molar-refractivity contribution < 1.29 is 9.21 Å². The molecule has 4 rings (SSSR count). The van der Waals surface area contributed by atoms with E-state index in [9.17, 15) is 4.79 Å². The zero-order valence-corrected chi connectivity index (χ0v) is 16.8. The number of hydrogen-bond acceptors (Lipinski definition) is 3. The van der Waals surface area contributed by atoms with E-state index in [1.165, 1.54) is 10.8 Å². The maximum Gasteiger partial charge on any atom is 0.220 e. The minimum Gasteiger partial charge on any atom is -0.441 e. The quantitative estimate of drug-likeness (QED) is 0.431.